The number of carbonyl (C=O) groups excluding carboxylic acids is 1. The second-order valence-electron chi connectivity index (χ2n) is 11.8. The minimum absolute atomic E-state index is 0.177. The monoisotopic (exact) mass is 604 g/mol. The molecule has 232 valence electrons. The molecule has 8 heteroatoms. The molecule has 2 heterocycles. The lowest BCUT2D eigenvalue weighted by atomic mass is 10.1. The van der Waals surface area contributed by atoms with Crippen LogP contribution >= 0.6 is 0 Å². The summed E-state index contributed by atoms with van der Waals surface area (Å²) in [6.07, 6.45) is 11.7. The number of carboxylic acids is 1. The number of unbranched alkanes of at least 4 members (excludes halogenated alkanes) is 7. The van der Waals surface area contributed by atoms with Gasteiger partial charge in [0.1, 0.15) is 16.1 Å². The van der Waals surface area contributed by atoms with Crippen LogP contribution in [0.4, 0.5) is 0 Å². The van der Waals surface area contributed by atoms with Gasteiger partial charge in [-0.05, 0) is 25.0 Å². The molecule has 0 bridgehead atoms. The Bertz CT molecular complexity index is 959. The minimum atomic E-state index is -1.70. The van der Waals surface area contributed by atoms with E-state index >= 15 is 0 Å². The summed E-state index contributed by atoms with van der Waals surface area (Å²) in [5, 5.41) is 10.9. The summed E-state index contributed by atoms with van der Waals surface area (Å²) < 4.78 is 18.6. The van der Waals surface area contributed by atoms with E-state index in [0.717, 1.165) is 110 Å². The van der Waals surface area contributed by atoms with Crippen molar-refractivity contribution in [2.24, 2.45) is 0 Å². The van der Waals surface area contributed by atoms with Gasteiger partial charge < -0.3 is 18.7 Å². The molecule has 0 unspecified atom stereocenters. The fourth-order valence-corrected chi connectivity index (χ4v) is 12.9. The molecule has 0 aliphatic heterocycles. The third kappa shape index (κ3) is 9.73. The van der Waals surface area contributed by atoms with Gasteiger partial charge in [-0.3, -0.25) is 9.59 Å². The van der Waals surface area contributed by atoms with E-state index in [1.54, 1.807) is 0 Å². The standard InChI is InChI=1S/C33H56O6Si2/c1-7-40(8-2,9-3)31-23-27(25-37-31)33(28-24-32(38-26-28)41(10-4,11-5)12-6)39-30(36)22-20-18-16-14-13-15-17-19-21-29(34)35/h23-26,33H,7-22H2,1-6H3,(H,34,35). The number of ether oxygens (including phenoxy) is 1. The maximum absolute atomic E-state index is 13.1. The Morgan fingerprint density at radius 3 is 1.39 bits per heavy atom. The van der Waals surface area contributed by atoms with Crippen molar-refractivity contribution in [1.29, 1.82) is 0 Å². The molecule has 2 rings (SSSR count). The topological polar surface area (TPSA) is 89.9 Å². The second kappa shape index (κ2) is 17.8. The zero-order valence-electron chi connectivity index (χ0n) is 26.7. The summed E-state index contributed by atoms with van der Waals surface area (Å²) in [4.78, 5) is 23.7. The number of hydrogen-bond donors (Lipinski definition) is 1. The molecule has 0 amide bonds. The third-order valence-electron chi connectivity index (χ3n) is 9.72. The van der Waals surface area contributed by atoms with Crippen molar-refractivity contribution >= 4 is 38.9 Å². The third-order valence-corrected chi connectivity index (χ3v) is 20.5. The largest absolute Gasteiger partial charge is 0.481 e. The molecule has 0 aromatic carbocycles. The van der Waals surface area contributed by atoms with Crippen LogP contribution in [0.1, 0.15) is 123 Å². The van der Waals surface area contributed by atoms with Crippen LogP contribution in [0.25, 0.3) is 0 Å². The Morgan fingerprint density at radius 1 is 0.659 bits per heavy atom. The van der Waals surface area contributed by atoms with Crippen LogP contribution in [0.15, 0.2) is 33.5 Å². The van der Waals surface area contributed by atoms with E-state index in [1.807, 2.05) is 12.5 Å². The number of hydrogen-bond acceptors (Lipinski definition) is 5. The van der Waals surface area contributed by atoms with Crippen molar-refractivity contribution in [3.8, 4) is 0 Å². The summed E-state index contributed by atoms with van der Waals surface area (Å²) in [5.41, 5.74) is 1.82. The van der Waals surface area contributed by atoms with Gasteiger partial charge >= 0.3 is 11.9 Å². The summed E-state index contributed by atoms with van der Waals surface area (Å²) in [6, 6.07) is 11.1. The van der Waals surface area contributed by atoms with Gasteiger partial charge in [0.2, 0.25) is 0 Å². The smallest absolute Gasteiger partial charge is 0.306 e. The minimum Gasteiger partial charge on any atom is -0.481 e. The Morgan fingerprint density at radius 2 is 1.02 bits per heavy atom. The molecule has 1 N–H and O–H groups in total. The van der Waals surface area contributed by atoms with Crippen LogP contribution in [0, 0.1) is 0 Å². The Labute approximate surface area is 250 Å². The first kappa shape index (κ1) is 35.1. The van der Waals surface area contributed by atoms with E-state index in [9.17, 15) is 9.59 Å². The molecule has 0 spiro atoms. The maximum Gasteiger partial charge on any atom is 0.306 e. The quantitative estimate of drug-likeness (QED) is 0.0820. The van der Waals surface area contributed by atoms with Crippen LogP contribution in [-0.4, -0.2) is 33.2 Å². The first-order valence-electron chi connectivity index (χ1n) is 16.3. The fourth-order valence-electron chi connectivity index (χ4n) is 6.20. The van der Waals surface area contributed by atoms with Crippen LogP contribution in [0.5, 0.6) is 0 Å². The molecular weight excluding hydrogens is 549 g/mol. The van der Waals surface area contributed by atoms with Crippen molar-refractivity contribution in [3.63, 3.8) is 0 Å². The summed E-state index contributed by atoms with van der Waals surface area (Å²) >= 11 is 0. The van der Waals surface area contributed by atoms with Gasteiger partial charge in [-0.25, -0.2) is 0 Å². The summed E-state index contributed by atoms with van der Waals surface area (Å²) in [5.74, 6) is -0.889. The predicted octanol–water partition coefficient (Wildman–Crippen LogP) is 8.92. The highest BCUT2D eigenvalue weighted by Crippen LogP contribution is 2.31. The Hall–Kier alpha value is -2.07. The Kier molecular flexibility index (Phi) is 15.2. The lowest BCUT2D eigenvalue weighted by molar-refractivity contribution is -0.147. The van der Waals surface area contributed by atoms with Gasteiger partial charge in [-0.1, -0.05) is 116 Å². The van der Waals surface area contributed by atoms with Crippen LogP contribution in [0.2, 0.25) is 36.3 Å². The van der Waals surface area contributed by atoms with Gasteiger partial charge in [0, 0.05) is 24.0 Å². The molecule has 0 aliphatic carbocycles. The highest BCUT2D eigenvalue weighted by atomic mass is 28.3. The number of rotatable bonds is 22. The molecule has 0 aliphatic rings. The van der Waals surface area contributed by atoms with Crippen LogP contribution < -0.4 is 10.8 Å². The zero-order chi connectivity index (χ0) is 30.3. The lowest BCUT2D eigenvalue weighted by Crippen LogP contribution is -2.45. The predicted molar refractivity (Wildman–Crippen MR) is 173 cm³/mol. The van der Waals surface area contributed by atoms with Crippen molar-refractivity contribution < 1.29 is 28.3 Å². The van der Waals surface area contributed by atoms with E-state index in [0.29, 0.717) is 6.42 Å². The highest BCUT2D eigenvalue weighted by molar-refractivity contribution is 6.91. The van der Waals surface area contributed by atoms with Crippen molar-refractivity contribution in [2.75, 3.05) is 0 Å². The number of carboxylic acid groups (broad SMARTS) is 1. The van der Waals surface area contributed by atoms with E-state index < -0.39 is 28.2 Å². The molecule has 0 atom stereocenters. The molecule has 0 saturated carbocycles. The normalized spacial score (nSPS) is 12.3. The van der Waals surface area contributed by atoms with E-state index in [2.05, 4.69) is 53.7 Å². The van der Waals surface area contributed by atoms with Crippen LogP contribution in [0.3, 0.4) is 0 Å². The SMILES string of the molecule is CC[Si](CC)(CC)c1cc(C(OC(=O)CCCCCCCCCCC(=O)O)c2coc([Si](CC)(CC)CC)c2)co1. The molecule has 2 aromatic rings. The number of furan rings is 2. The van der Waals surface area contributed by atoms with E-state index in [4.69, 9.17) is 18.7 Å². The molecule has 6 nitrogen and oxygen atoms in total. The number of aliphatic carboxylic acids is 1. The van der Waals surface area contributed by atoms with Gasteiger partial charge in [0.25, 0.3) is 0 Å². The Balaban J connectivity index is 2.08. The lowest BCUT2D eigenvalue weighted by Gasteiger charge is -2.25. The van der Waals surface area contributed by atoms with E-state index in [-0.39, 0.29) is 12.4 Å². The summed E-state index contributed by atoms with van der Waals surface area (Å²) in [6.45, 7) is 13.6. The van der Waals surface area contributed by atoms with E-state index in [1.165, 1.54) is 0 Å². The maximum atomic E-state index is 13.1. The molecule has 0 saturated heterocycles. The molecule has 41 heavy (non-hydrogen) atoms. The van der Waals surface area contributed by atoms with Gasteiger partial charge in [0.15, 0.2) is 6.10 Å². The first-order valence-corrected chi connectivity index (χ1v) is 21.6. The fraction of sp³-hybridized carbons (Fsp3) is 0.697. The molecular formula is C33H56O6Si2. The first-order chi connectivity index (χ1) is 19.7. The van der Waals surface area contributed by atoms with Crippen molar-refractivity contribution in [1.82, 2.24) is 0 Å². The van der Waals surface area contributed by atoms with Crippen LogP contribution in [-0.2, 0) is 14.3 Å². The number of carbonyl (C=O) groups is 2. The van der Waals surface area contributed by atoms with Gasteiger partial charge in [-0.2, -0.15) is 0 Å². The number of esters is 1. The van der Waals surface area contributed by atoms with Gasteiger partial charge in [-0.15, -0.1) is 0 Å². The second-order valence-corrected chi connectivity index (χ2v) is 22.1. The van der Waals surface area contributed by atoms with Gasteiger partial charge in [0.05, 0.1) is 23.3 Å². The summed E-state index contributed by atoms with van der Waals surface area (Å²) in [7, 11) is -3.40. The van der Waals surface area contributed by atoms with Crippen molar-refractivity contribution in [2.45, 2.75) is 148 Å². The van der Waals surface area contributed by atoms with Crippen molar-refractivity contribution in [3.05, 3.63) is 35.8 Å². The molecule has 2 aromatic heterocycles. The highest BCUT2D eigenvalue weighted by Gasteiger charge is 2.36. The molecule has 0 radical (unpaired) electrons. The zero-order valence-corrected chi connectivity index (χ0v) is 28.7. The molecule has 0 fully saturated rings. The average Bonchev–Trinajstić information content (AvgIpc) is 3.67. The average molecular weight is 605 g/mol.